The van der Waals surface area contributed by atoms with Crippen LogP contribution in [0.15, 0.2) is 18.2 Å². The molecule has 0 aliphatic rings. The summed E-state index contributed by atoms with van der Waals surface area (Å²) >= 11 is 6.03. The van der Waals surface area contributed by atoms with Crippen molar-refractivity contribution in [3.63, 3.8) is 0 Å². The van der Waals surface area contributed by atoms with E-state index >= 15 is 0 Å². The molecule has 0 fully saturated rings. The Morgan fingerprint density at radius 2 is 2.14 bits per heavy atom. The van der Waals surface area contributed by atoms with Crippen molar-refractivity contribution >= 4 is 17.5 Å². The Bertz CT molecular complexity index is 450. The van der Waals surface area contributed by atoms with Crippen LogP contribution < -0.4 is 10.1 Å². The van der Waals surface area contributed by atoms with Crippen molar-refractivity contribution in [2.75, 3.05) is 27.2 Å². The van der Waals surface area contributed by atoms with Gasteiger partial charge in [0.25, 0.3) is 0 Å². The summed E-state index contributed by atoms with van der Waals surface area (Å²) in [6.45, 7) is 4.36. The zero-order valence-corrected chi connectivity index (χ0v) is 13.9. The number of carbonyl (C=O) groups excluding carboxylic acids is 1. The predicted molar refractivity (Wildman–Crippen MR) is 86.9 cm³/mol. The van der Waals surface area contributed by atoms with Gasteiger partial charge in [0.2, 0.25) is 5.91 Å². The lowest BCUT2D eigenvalue weighted by Gasteiger charge is -2.13. The van der Waals surface area contributed by atoms with Crippen molar-refractivity contribution in [1.82, 2.24) is 10.2 Å². The maximum atomic E-state index is 11.5. The van der Waals surface area contributed by atoms with E-state index in [2.05, 4.69) is 12.2 Å². The van der Waals surface area contributed by atoms with Crippen LogP contribution in [0.3, 0.4) is 0 Å². The molecule has 0 aromatic heterocycles. The van der Waals surface area contributed by atoms with Gasteiger partial charge in [0, 0.05) is 37.6 Å². The third-order valence-electron chi connectivity index (χ3n) is 3.06. The van der Waals surface area contributed by atoms with E-state index in [1.807, 2.05) is 18.2 Å². The van der Waals surface area contributed by atoms with Crippen molar-refractivity contribution in [2.45, 2.75) is 32.7 Å². The summed E-state index contributed by atoms with van der Waals surface area (Å²) in [6, 6.07) is 5.63. The summed E-state index contributed by atoms with van der Waals surface area (Å²) in [5.41, 5.74) is 1.05. The minimum absolute atomic E-state index is 0.125. The lowest BCUT2D eigenvalue weighted by Crippen LogP contribution is -2.21. The summed E-state index contributed by atoms with van der Waals surface area (Å²) in [4.78, 5) is 13.1. The van der Waals surface area contributed by atoms with Gasteiger partial charge in [-0.25, -0.2) is 0 Å². The van der Waals surface area contributed by atoms with Gasteiger partial charge in [0.15, 0.2) is 0 Å². The van der Waals surface area contributed by atoms with E-state index in [-0.39, 0.29) is 5.91 Å². The van der Waals surface area contributed by atoms with Gasteiger partial charge in [-0.15, -0.1) is 0 Å². The second-order valence-electron chi connectivity index (χ2n) is 5.17. The summed E-state index contributed by atoms with van der Waals surface area (Å²) in [5, 5.41) is 4.05. The van der Waals surface area contributed by atoms with Crippen LogP contribution in [-0.4, -0.2) is 38.1 Å². The number of hydrogen-bond donors (Lipinski definition) is 1. The number of benzene rings is 1. The van der Waals surface area contributed by atoms with Gasteiger partial charge >= 0.3 is 0 Å². The number of halogens is 1. The predicted octanol–water partition coefficient (Wildman–Crippen LogP) is 3.09. The van der Waals surface area contributed by atoms with Gasteiger partial charge in [0.05, 0.1) is 6.61 Å². The van der Waals surface area contributed by atoms with Gasteiger partial charge in [-0.1, -0.05) is 18.5 Å². The van der Waals surface area contributed by atoms with E-state index in [0.29, 0.717) is 24.5 Å². The van der Waals surface area contributed by atoms with E-state index in [1.165, 1.54) is 0 Å². The molecule has 1 rings (SSSR count). The molecule has 0 heterocycles. The SMILES string of the molecule is CCCNCc1cc(Cl)ccc1OCCCC(=O)N(C)C. The van der Waals surface area contributed by atoms with Crippen LogP contribution in [0.25, 0.3) is 0 Å². The molecule has 1 aromatic carbocycles. The highest BCUT2D eigenvalue weighted by Crippen LogP contribution is 2.23. The smallest absolute Gasteiger partial charge is 0.222 e. The Labute approximate surface area is 132 Å². The lowest BCUT2D eigenvalue weighted by molar-refractivity contribution is -0.128. The van der Waals surface area contributed by atoms with Gasteiger partial charge in [-0.3, -0.25) is 4.79 Å². The Kier molecular flexibility index (Phi) is 8.16. The lowest BCUT2D eigenvalue weighted by atomic mass is 10.2. The quantitative estimate of drug-likeness (QED) is 0.712. The molecule has 0 atom stereocenters. The number of nitrogens with zero attached hydrogens (tertiary/aromatic N) is 1. The van der Waals surface area contributed by atoms with Crippen molar-refractivity contribution < 1.29 is 9.53 Å². The first-order chi connectivity index (χ1) is 10.0. The Balaban J connectivity index is 2.47. The van der Waals surface area contributed by atoms with Crippen molar-refractivity contribution in [3.8, 4) is 5.75 Å². The van der Waals surface area contributed by atoms with Crippen LogP contribution in [-0.2, 0) is 11.3 Å². The number of hydrogen-bond acceptors (Lipinski definition) is 3. The van der Waals surface area contributed by atoms with Gasteiger partial charge in [-0.05, 0) is 37.6 Å². The Hall–Kier alpha value is -1.26. The Morgan fingerprint density at radius 1 is 1.38 bits per heavy atom. The summed E-state index contributed by atoms with van der Waals surface area (Å²) in [6.07, 6.45) is 2.30. The maximum absolute atomic E-state index is 11.5. The molecule has 0 aliphatic heterocycles. The molecule has 0 radical (unpaired) electrons. The first-order valence-electron chi connectivity index (χ1n) is 7.36. The highest BCUT2D eigenvalue weighted by atomic mass is 35.5. The van der Waals surface area contributed by atoms with E-state index in [9.17, 15) is 4.79 Å². The minimum Gasteiger partial charge on any atom is -0.493 e. The molecule has 0 unspecified atom stereocenters. The number of amides is 1. The highest BCUT2D eigenvalue weighted by Gasteiger charge is 2.07. The fourth-order valence-electron chi connectivity index (χ4n) is 1.86. The number of ether oxygens (including phenoxy) is 1. The number of nitrogens with one attached hydrogen (secondary N) is 1. The monoisotopic (exact) mass is 312 g/mol. The molecule has 1 aromatic rings. The van der Waals surface area contributed by atoms with Crippen molar-refractivity contribution in [3.05, 3.63) is 28.8 Å². The van der Waals surface area contributed by atoms with E-state index < -0.39 is 0 Å². The fraction of sp³-hybridized carbons (Fsp3) is 0.562. The average Bonchev–Trinajstić information content (AvgIpc) is 2.45. The Morgan fingerprint density at radius 3 is 2.81 bits per heavy atom. The topological polar surface area (TPSA) is 41.6 Å². The molecule has 118 valence electrons. The maximum Gasteiger partial charge on any atom is 0.222 e. The third-order valence-corrected chi connectivity index (χ3v) is 3.29. The molecule has 21 heavy (non-hydrogen) atoms. The van der Waals surface area contributed by atoms with Gasteiger partial charge in [-0.2, -0.15) is 0 Å². The molecular formula is C16H25ClN2O2. The van der Waals surface area contributed by atoms with Crippen LogP contribution in [0.1, 0.15) is 31.7 Å². The highest BCUT2D eigenvalue weighted by molar-refractivity contribution is 6.30. The molecule has 4 nitrogen and oxygen atoms in total. The van der Waals surface area contributed by atoms with Crippen LogP contribution in [0.5, 0.6) is 5.75 Å². The standard InChI is InChI=1S/C16H25ClN2O2/c1-4-9-18-12-13-11-14(17)7-8-15(13)21-10-5-6-16(20)19(2)3/h7-8,11,18H,4-6,9-10,12H2,1-3H3. The van der Waals surface area contributed by atoms with Crippen molar-refractivity contribution in [2.24, 2.45) is 0 Å². The molecule has 5 heteroatoms. The summed E-state index contributed by atoms with van der Waals surface area (Å²) in [7, 11) is 3.53. The van der Waals surface area contributed by atoms with Crippen molar-refractivity contribution in [1.29, 1.82) is 0 Å². The van der Waals surface area contributed by atoms with Gasteiger partial charge in [0.1, 0.15) is 5.75 Å². The van der Waals surface area contributed by atoms with Crippen LogP contribution in [0.2, 0.25) is 5.02 Å². The second kappa shape index (κ2) is 9.64. The fourth-order valence-corrected chi connectivity index (χ4v) is 2.05. The number of rotatable bonds is 9. The molecule has 0 saturated heterocycles. The van der Waals surface area contributed by atoms with Gasteiger partial charge < -0.3 is 15.0 Å². The van der Waals surface area contributed by atoms with E-state index in [0.717, 1.165) is 30.8 Å². The number of carbonyl (C=O) groups is 1. The third kappa shape index (κ3) is 6.82. The summed E-state index contributed by atoms with van der Waals surface area (Å²) in [5.74, 6) is 0.958. The molecule has 1 amide bonds. The molecular weight excluding hydrogens is 288 g/mol. The first kappa shape index (κ1) is 17.8. The molecule has 0 aliphatic carbocycles. The van der Waals surface area contributed by atoms with Crippen LogP contribution >= 0.6 is 11.6 Å². The molecule has 0 spiro atoms. The largest absolute Gasteiger partial charge is 0.493 e. The minimum atomic E-state index is 0.125. The van der Waals surface area contributed by atoms with Crippen LogP contribution in [0, 0.1) is 0 Å². The van der Waals surface area contributed by atoms with E-state index in [1.54, 1.807) is 19.0 Å². The normalized spacial score (nSPS) is 10.5. The summed E-state index contributed by atoms with van der Waals surface area (Å²) < 4.78 is 5.78. The van der Waals surface area contributed by atoms with Crippen LogP contribution in [0.4, 0.5) is 0 Å². The van der Waals surface area contributed by atoms with E-state index in [4.69, 9.17) is 16.3 Å². The molecule has 0 bridgehead atoms. The zero-order valence-electron chi connectivity index (χ0n) is 13.1. The second-order valence-corrected chi connectivity index (χ2v) is 5.61. The molecule has 1 N–H and O–H groups in total. The first-order valence-corrected chi connectivity index (χ1v) is 7.74. The molecule has 0 saturated carbocycles. The average molecular weight is 313 g/mol. The zero-order chi connectivity index (χ0) is 15.7.